The second kappa shape index (κ2) is 7.67. The summed E-state index contributed by atoms with van der Waals surface area (Å²) >= 11 is 0. The largest absolute Gasteiger partial charge is 0.432 e. The van der Waals surface area contributed by atoms with Crippen molar-refractivity contribution < 1.29 is 13.5 Å². The molecule has 1 atom stereocenters. The highest BCUT2D eigenvalue weighted by Gasteiger charge is 2.16. The molecule has 2 aromatic rings. The van der Waals surface area contributed by atoms with Crippen LogP contribution in [0.3, 0.4) is 0 Å². The Morgan fingerprint density at radius 2 is 2.08 bits per heavy atom. The molecule has 0 bridgehead atoms. The van der Waals surface area contributed by atoms with E-state index >= 15 is 0 Å². The normalized spacial score (nSPS) is 17.2. The van der Waals surface area contributed by atoms with Gasteiger partial charge in [0.05, 0.1) is 0 Å². The third kappa shape index (κ3) is 4.07. The second-order valence-corrected chi connectivity index (χ2v) is 5.85. The van der Waals surface area contributed by atoms with E-state index in [1.54, 1.807) is 12.1 Å². The number of halogens is 2. The van der Waals surface area contributed by atoms with Crippen LogP contribution in [-0.2, 0) is 0 Å². The standard InChI is InChI=1S/C16H21F2N5O/c1-11(9-23-7-5-19-6-8-23)22-15-12-3-2-4-13(24-16(17)18)14(12)20-10-21-15/h2-4,10-11,16,19H,5-9H2,1H3,(H,20,21,22)/t11-/m0/s1. The summed E-state index contributed by atoms with van der Waals surface area (Å²) in [5.41, 5.74) is 0.379. The first-order chi connectivity index (χ1) is 11.6. The molecular formula is C16H21F2N5O. The monoisotopic (exact) mass is 337 g/mol. The smallest absolute Gasteiger partial charge is 0.387 e. The van der Waals surface area contributed by atoms with E-state index in [0.717, 1.165) is 32.7 Å². The van der Waals surface area contributed by atoms with Gasteiger partial charge in [-0.05, 0) is 19.1 Å². The predicted molar refractivity (Wildman–Crippen MR) is 88.6 cm³/mol. The maximum atomic E-state index is 12.5. The van der Waals surface area contributed by atoms with Gasteiger partial charge in [0, 0.05) is 44.2 Å². The van der Waals surface area contributed by atoms with Crippen molar-refractivity contribution in [2.75, 3.05) is 38.0 Å². The Morgan fingerprint density at radius 1 is 1.29 bits per heavy atom. The lowest BCUT2D eigenvalue weighted by Gasteiger charge is -2.30. The fourth-order valence-electron chi connectivity index (χ4n) is 2.93. The Morgan fingerprint density at radius 3 is 2.83 bits per heavy atom. The number of nitrogens with zero attached hydrogens (tertiary/aromatic N) is 3. The molecule has 1 aromatic carbocycles. The molecule has 1 aromatic heterocycles. The van der Waals surface area contributed by atoms with Crippen molar-refractivity contribution in [2.45, 2.75) is 19.6 Å². The van der Waals surface area contributed by atoms with E-state index in [0.29, 0.717) is 16.7 Å². The molecule has 1 saturated heterocycles. The second-order valence-electron chi connectivity index (χ2n) is 5.85. The number of hydrogen-bond donors (Lipinski definition) is 2. The Bertz CT molecular complexity index is 679. The molecule has 1 fully saturated rings. The molecule has 0 radical (unpaired) electrons. The number of hydrogen-bond acceptors (Lipinski definition) is 6. The lowest BCUT2D eigenvalue weighted by atomic mass is 10.2. The fourth-order valence-corrected chi connectivity index (χ4v) is 2.93. The number of rotatable bonds is 6. The molecule has 24 heavy (non-hydrogen) atoms. The molecule has 1 aliphatic rings. The minimum Gasteiger partial charge on any atom is -0.432 e. The van der Waals surface area contributed by atoms with Crippen molar-refractivity contribution >= 4 is 16.7 Å². The molecule has 0 unspecified atom stereocenters. The summed E-state index contributed by atoms with van der Waals surface area (Å²) in [6.07, 6.45) is 1.36. The van der Waals surface area contributed by atoms with Gasteiger partial charge in [0.1, 0.15) is 17.7 Å². The molecule has 1 aliphatic heterocycles. The minimum atomic E-state index is -2.88. The number of fused-ring (bicyclic) bond motifs is 1. The summed E-state index contributed by atoms with van der Waals surface area (Å²) in [4.78, 5) is 10.7. The molecule has 2 heterocycles. The van der Waals surface area contributed by atoms with Gasteiger partial charge in [-0.2, -0.15) is 8.78 Å². The maximum Gasteiger partial charge on any atom is 0.387 e. The van der Waals surface area contributed by atoms with Crippen LogP contribution >= 0.6 is 0 Å². The average Bonchev–Trinajstić information content (AvgIpc) is 2.56. The van der Waals surface area contributed by atoms with E-state index in [2.05, 4.69) is 37.2 Å². The number of aromatic nitrogens is 2. The Hall–Kier alpha value is -2.06. The predicted octanol–water partition coefficient (Wildman–Crippen LogP) is 1.94. The van der Waals surface area contributed by atoms with Gasteiger partial charge in [-0.1, -0.05) is 6.07 Å². The van der Waals surface area contributed by atoms with E-state index in [4.69, 9.17) is 0 Å². The quantitative estimate of drug-likeness (QED) is 0.840. The topological polar surface area (TPSA) is 62.3 Å². The van der Waals surface area contributed by atoms with Crippen LogP contribution in [0.5, 0.6) is 5.75 Å². The summed E-state index contributed by atoms with van der Waals surface area (Å²) in [5, 5.41) is 7.35. The van der Waals surface area contributed by atoms with Gasteiger partial charge in [-0.15, -0.1) is 0 Å². The van der Waals surface area contributed by atoms with Gasteiger partial charge in [0.25, 0.3) is 0 Å². The third-order valence-electron chi connectivity index (χ3n) is 3.97. The lowest BCUT2D eigenvalue weighted by Crippen LogP contribution is -2.47. The molecule has 8 heteroatoms. The van der Waals surface area contributed by atoms with E-state index in [1.807, 2.05) is 0 Å². The van der Waals surface area contributed by atoms with Crippen LogP contribution in [0.25, 0.3) is 10.9 Å². The fraction of sp³-hybridized carbons (Fsp3) is 0.500. The SMILES string of the molecule is C[C@@H](CN1CCNCC1)Nc1ncnc2c(OC(F)F)cccc12. The first-order valence-electron chi connectivity index (χ1n) is 8.01. The summed E-state index contributed by atoms with van der Waals surface area (Å²) in [5.74, 6) is 0.685. The van der Waals surface area contributed by atoms with Crippen LogP contribution in [0.2, 0.25) is 0 Å². The molecule has 0 spiro atoms. The summed E-state index contributed by atoms with van der Waals surface area (Å²) in [7, 11) is 0. The van der Waals surface area contributed by atoms with Crippen molar-refractivity contribution in [2.24, 2.45) is 0 Å². The molecule has 6 nitrogen and oxygen atoms in total. The number of piperazine rings is 1. The van der Waals surface area contributed by atoms with Crippen LogP contribution in [-0.4, -0.2) is 60.2 Å². The van der Waals surface area contributed by atoms with Crippen LogP contribution in [0, 0.1) is 0 Å². The zero-order valence-electron chi connectivity index (χ0n) is 13.5. The number of nitrogens with one attached hydrogen (secondary N) is 2. The highest BCUT2D eigenvalue weighted by molar-refractivity contribution is 5.92. The van der Waals surface area contributed by atoms with E-state index in [1.165, 1.54) is 12.4 Å². The summed E-state index contributed by atoms with van der Waals surface area (Å²) in [6, 6.07) is 5.11. The van der Waals surface area contributed by atoms with Crippen molar-refractivity contribution in [3.63, 3.8) is 0 Å². The minimum absolute atomic E-state index is 0.0581. The average molecular weight is 337 g/mol. The summed E-state index contributed by atoms with van der Waals surface area (Å²) < 4.78 is 29.6. The molecule has 0 aliphatic carbocycles. The number of para-hydroxylation sites is 1. The zero-order valence-corrected chi connectivity index (χ0v) is 13.5. The zero-order chi connectivity index (χ0) is 16.9. The molecule has 130 valence electrons. The Kier molecular flexibility index (Phi) is 5.37. The number of anilines is 1. The van der Waals surface area contributed by atoms with Crippen LogP contribution in [0.4, 0.5) is 14.6 Å². The van der Waals surface area contributed by atoms with Gasteiger partial charge >= 0.3 is 6.61 Å². The van der Waals surface area contributed by atoms with Crippen molar-refractivity contribution in [1.82, 2.24) is 20.2 Å². The van der Waals surface area contributed by atoms with E-state index in [9.17, 15) is 8.78 Å². The Balaban J connectivity index is 1.76. The first kappa shape index (κ1) is 16.8. The molecule has 3 rings (SSSR count). The number of alkyl halides is 2. The van der Waals surface area contributed by atoms with Gasteiger partial charge in [0.2, 0.25) is 0 Å². The van der Waals surface area contributed by atoms with Crippen molar-refractivity contribution in [1.29, 1.82) is 0 Å². The first-order valence-corrected chi connectivity index (χ1v) is 8.01. The maximum absolute atomic E-state index is 12.5. The molecular weight excluding hydrogens is 316 g/mol. The van der Waals surface area contributed by atoms with Crippen LogP contribution in [0.15, 0.2) is 24.5 Å². The van der Waals surface area contributed by atoms with Gasteiger partial charge < -0.3 is 15.4 Å². The van der Waals surface area contributed by atoms with Gasteiger partial charge in [-0.25, -0.2) is 9.97 Å². The molecule has 0 amide bonds. The number of benzene rings is 1. The van der Waals surface area contributed by atoms with E-state index < -0.39 is 6.61 Å². The highest BCUT2D eigenvalue weighted by Crippen LogP contribution is 2.28. The third-order valence-corrected chi connectivity index (χ3v) is 3.97. The van der Waals surface area contributed by atoms with Crippen molar-refractivity contribution in [3.8, 4) is 5.75 Å². The van der Waals surface area contributed by atoms with Crippen LogP contribution in [0.1, 0.15) is 6.92 Å². The number of ether oxygens (including phenoxy) is 1. The highest BCUT2D eigenvalue weighted by atomic mass is 19.3. The molecule has 0 saturated carbocycles. The van der Waals surface area contributed by atoms with Gasteiger partial charge in [0.15, 0.2) is 5.75 Å². The van der Waals surface area contributed by atoms with Gasteiger partial charge in [-0.3, -0.25) is 4.90 Å². The van der Waals surface area contributed by atoms with Crippen molar-refractivity contribution in [3.05, 3.63) is 24.5 Å². The van der Waals surface area contributed by atoms with E-state index in [-0.39, 0.29) is 11.8 Å². The molecule has 2 N–H and O–H groups in total. The summed E-state index contributed by atoms with van der Waals surface area (Å²) in [6.45, 7) is 4.12. The Labute approximate surface area is 139 Å². The lowest BCUT2D eigenvalue weighted by molar-refractivity contribution is -0.0489. The van der Waals surface area contributed by atoms with Crippen LogP contribution < -0.4 is 15.4 Å².